The lowest BCUT2D eigenvalue weighted by Gasteiger charge is -2.00. The smallest absolute Gasteiger partial charge is 0.228 e. The summed E-state index contributed by atoms with van der Waals surface area (Å²) in [4.78, 5) is 18.5. The van der Waals surface area contributed by atoms with E-state index in [0.29, 0.717) is 5.95 Å². The Bertz CT molecular complexity index is 718. The van der Waals surface area contributed by atoms with Gasteiger partial charge in [-0.1, -0.05) is 34.9 Å². The van der Waals surface area contributed by atoms with Gasteiger partial charge in [0.1, 0.15) is 0 Å². The van der Waals surface area contributed by atoms with Gasteiger partial charge >= 0.3 is 0 Å². The topological polar surface area (TPSA) is 68.4 Å². The molecule has 21 heavy (non-hydrogen) atoms. The number of imidazole rings is 1. The van der Waals surface area contributed by atoms with Crippen molar-refractivity contribution in [2.75, 3.05) is 12.6 Å². The third kappa shape index (κ3) is 3.53. The summed E-state index contributed by atoms with van der Waals surface area (Å²) in [6, 6.07) is 16.2. The van der Waals surface area contributed by atoms with Crippen molar-refractivity contribution in [2.24, 2.45) is 0 Å². The number of hydrogen-bond acceptors (Lipinski definition) is 6. The zero-order valence-corrected chi connectivity index (χ0v) is 12.0. The molecule has 1 aromatic heterocycles. The van der Waals surface area contributed by atoms with E-state index in [1.807, 2.05) is 36.4 Å². The van der Waals surface area contributed by atoms with E-state index < -0.39 is 0 Å². The van der Waals surface area contributed by atoms with Crippen molar-refractivity contribution >= 4 is 28.7 Å². The number of fused-ring (bicyclic) bond motifs is 1. The Morgan fingerprint density at radius 1 is 1.10 bits per heavy atom. The maximum atomic E-state index is 4.55. The van der Waals surface area contributed by atoms with E-state index in [2.05, 4.69) is 42.5 Å². The van der Waals surface area contributed by atoms with Crippen LogP contribution in [0.15, 0.2) is 58.3 Å². The number of aromatic amines is 1. The van der Waals surface area contributed by atoms with Crippen LogP contribution in [0.3, 0.4) is 0 Å². The molecule has 2 N–H and O–H groups in total. The predicted molar refractivity (Wildman–Crippen MR) is 79.5 cm³/mol. The summed E-state index contributed by atoms with van der Waals surface area (Å²) >= 11 is 1.69. The molecular formula is C14H13N3O3S. The van der Waals surface area contributed by atoms with E-state index in [4.69, 9.17) is 0 Å². The van der Waals surface area contributed by atoms with E-state index in [1.165, 1.54) is 12.0 Å². The molecular weight excluding hydrogens is 290 g/mol. The summed E-state index contributed by atoms with van der Waals surface area (Å²) in [5.74, 6) is 0.434. The summed E-state index contributed by atoms with van der Waals surface area (Å²) in [6.07, 6.45) is 0. The molecule has 0 unspecified atom stereocenters. The first-order valence-electron chi connectivity index (χ1n) is 6.20. The maximum absolute atomic E-state index is 4.55. The highest BCUT2D eigenvalue weighted by Crippen LogP contribution is 2.29. The number of nitrogens with zero attached hydrogens (tertiary/aromatic N) is 1. The second-order valence-electron chi connectivity index (χ2n) is 4.10. The van der Waals surface area contributed by atoms with Gasteiger partial charge in [0.25, 0.3) is 0 Å². The Balaban J connectivity index is 1.76. The molecule has 3 aromatic rings. The molecule has 0 aliphatic heterocycles. The minimum Gasteiger partial charge on any atom is -0.322 e. The minimum absolute atomic E-state index is 0.434. The van der Waals surface area contributed by atoms with Gasteiger partial charge in [-0.05, 0) is 35.4 Å². The normalized spacial score (nSPS) is 10.9. The van der Waals surface area contributed by atoms with Crippen molar-refractivity contribution in [1.82, 2.24) is 9.97 Å². The molecule has 1 heterocycles. The largest absolute Gasteiger partial charge is 0.322 e. The Hall–Kier alpha value is -2.06. The van der Waals surface area contributed by atoms with Crippen LogP contribution in [0.25, 0.3) is 11.0 Å². The van der Waals surface area contributed by atoms with Gasteiger partial charge in [0.05, 0.1) is 18.1 Å². The summed E-state index contributed by atoms with van der Waals surface area (Å²) in [5.41, 5.74) is 4.22. The minimum atomic E-state index is 0.434. The van der Waals surface area contributed by atoms with Gasteiger partial charge in [-0.3, -0.25) is 0 Å². The first-order valence-corrected chi connectivity index (χ1v) is 7.02. The molecule has 0 fully saturated rings. The number of nitrogens with one attached hydrogen (secondary N) is 2. The van der Waals surface area contributed by atoms with Gasteiger partial charge < -0.3 is 4.98 Å². The summed E-state index contributed by atoms with van der Waals surface area (Å²) < 4.78 is 0. The van der Waals surface area contributed by atoms with Crippen molar-refractivity contribution in [2.45, 2.75) is 9.79 Å². The number of H-pyrrole nitrogens is 1. The van der Waals surface area contributed by atoms with Crippen LogP contribution in [-0.4, -0.2) is 17.1 Å². The lowest BCUT2D eigenvalue weighted by Crippen LogP contribution is -2.02. The Labute approximate surface area is 125 Å². The van der Waals surface area contributed by atoms with Crippen LogP contribution in [0.1, 0.15) is 0 Å². The summed E-state index contributed by atoms with van der Waals surface area (Å²) in [6.45, 7) is 0. The second-order valence-corrected chi connectivity index (χ2v) is 5.25. The highest BCUT2D eigenvalue weighted by molar-refractivity contribution is 7.99. The van der Waals surface area contributed by atoms with Gasteiger partial charge in [0, 0.05) is 9.79 Å². The third-order valence-electron chi connectivity index (χ3n) is 2.67. The fourth-order valence-corrected chi connectivity index (χ4v) is 2.69. The van der Waals surface area contributed by atoms with Crippen molar-refractivity contribution < 1.29 is 14.9 Å². The van der Waals surface area contributed by atoms with Crippen LogP contribution in [0.4, 0.5) is 5.95 Å². The molecule has 0 aliphatic carbocycles. The average Bonchev–Trinajstić information content (AvgIpc) is 2.90. The van der Waals surface area contributed by atoms with E-state index in [0.717, 1.165) is 15.9 Å². The van der Waals surface area contributed by atoms with Gasteiger partial charge in [-0.25, -0.2) is 9.87 Å². The van der Waals surface area contributed by atoms with Gasteiger partial charge in [0.15, 0.2) is 0 Å². The first kappa shape index (κ1) is 13.9. The van der Waals surface area contributed by atoms with E-state index in [9.17, 15) is 0 Å². The molecule has 0 radical (unpaired) electrons. The Morgan fingerprint density at radius 3 is 2.76 bits per heavy atom. The maximum Gasteiger partial charge on any atom is 0.228 e. The van der Waals surface area contributed by atoms with Gasteiger partial charge in [0.2, 0.25) is 5.95 Å². The van der Waals surface area contributed by atoms with Crippen molar-refractivity contribution in [1.29, 1.82) is 0 Å². The second kappa shape index (κ2) is 6.59. The van der Waals surface area contributed by atoms with Crippen LogP contribution >= 0.6 is 11.8 Å². The zero-order valence-electron chi connectivity index (χ0n) is 11.2. The first-order chi connectivity index (χ1) is 10.3. The van der Waals surface area contributed by atoms with Crippen molar-refractivity contribution in [3.05, 3.63) is 48.5 Å². The van der Waals surface area contributed by atoms with Crippen LogP contribution in [0, 0.1) is 0 Å². The highest BCUT2D eigenvalue weighted by Gasteiger charge is 2.05. The van der Waals surface area contributed by atoms with Crippen molar-refractivity contribution in [3.63, 3.8) is 0 Å². The lowest BCUT2D eigenvalue weighted by atomic mass is 10.3. The lowest BCUT2D eigenvalue weighted by molar-refractivity contribution is -0.491. The standard InChI is InChI=1S/C14H13N3O3S/c1-18-20-19-17-14-15-12-8-7-11(9-13(12)16-14)21-10-5-3-2-4-6-10/h2-9H,1H3,(H2,15,16,17). The van der Waals surface area contributed by atoms with E-state index >= 15 is 0 Å². The number of anilines is 1. The number of aromatic nitrogens is 2. The van der Waals surface area contributed by atoms with Crippen molar-refractivity contribution in [3.8, 4) is 0 Å². The summed E-state index contributed by atoms with van der Waals surface area (Å²) in [7, 11) is 1.34. The number of hydrogen-bond donors (Lipinski definition) is 2. The van der Waals surface area contributed by atoms with Crippen LogP contribution in [0.2, 0.25) is 0 Å². The SMILES string of the molecule is COOONc1nc2ccc(Sc3ccccc3)cc2[nH]1. The molecule has 0 saturated carbocycles. The van der Waals surface area contributed by atoms with E-state index in [-0.39, 0.29) is 0 Å². The molecule has 0 atom stereocenters. The quantitative estimate of drug-likeness (QED) is 0.412. The molecule has 2 aromatic carbocycles. The summed E-state index contributed by atoms with van der Waals surface area (Å²) in [5, 5.41) is 4.26. The van der Waals surface area contributed by atoms with Crippen LogP contribution in [0.5, 0.6) is 0 Å². The monoisotopic (exact) mass is 303 g/mol. The Morgan fingerprint density at radius 2 is 1.95 bits per heavy atom. The van der Waals surface area contributed by atoms with Crippen LogP contribution < -0.4 is 5.48 Å². The molecule has 108 valence electrons. The molecule has 0 bridgehead atoms. The van der Waals surface area contributed by atoms with Gasteiger partial charge in [-0.2, -0.15) is 5.48 Å². The fourth-order valence-electron chi connectivity index (χ4n) is 1.82. The molecule has 7 heteroatoms. The molecule has 3 rings (SSSR count). The molecule has 0 spiro atoms. The van der Waals surface area contributed by atoms with Gasteiger partial charge in [-0.15, -0.1) is 0 Å². The van der Waals surface area contributed by atoms with E-state index in [1.54, 1.807) is 11.8 Å². The average molecular weight is 303 g/mol. The molecule has 0 aliphatic rings. The number of benzene rings is 2. The molecule has 6 nitrogen and oxygen atoms in total. The third-order valence-corrected chi connectivity index (χ3v) is 3.67. The fraction of sp³-hybridized carbons (Fsp3) is 0.0714. The molecule has 0 saturated heterocycles. The highest BCUT2D eigenvalue weighted by atomic mass is 32.2. The zero-order chi connectivity index (χ0) is 14.5. The van der Waals surface area contributed by atoms with Crippen LogP contribution in [-0.2, 0) is 14.9 Å². The molecule has 0 amide bonds. The predicted octanol–water partition coefficient (Wildman–Crippen LogP) is 3.55. The number of rotatable bonds is 6. The Kier molecular flexibility index (Phi) is 4.37.